The van der Waals surface area contributed by atoms with E-state index in [4.69, 9.17) is 4.99 Å². The van der Waals surface area contributed by atoms with Crippen LogP contribution in [0.3, 0.4) is 0 Å². The summed E-state index contributed by atoms with van der Waals surface area (Å²) in [4.78, 5) is 31.8. The van der Waals surface area contributed by atoms with Gasteiger partial charge in [0.25, 0.3) is 5.91 Å². The number of benzene rings is 2. The average Bonchev–Trinajstić information content (AvgIpc) is 3.63. The molecule has 4 rings (SSSR count). The summed E-state index contributed by atoms with van der Waals surface area (Å²) in [5.41, 5.74) is 4.80. The highest BCUT2D eigenvalue weighted by Gasteiger charge is 2.36. The Bertz CT molecular complexity index is 991. The summed E-state index contributed by atoms with van der Waals surface area (Å²) in [6.07, 6.45) is 3.97. The number of benzodiazepines with no additional fused rings is 1. The molecule has 31 heavy (non-hydrogen) atoms. The largest absolute Gasteiger partial charge is 0.481 e. The van der Waals surface area contributed by atoms with Crippen LogP contribution in [0.4, 0.5) is 5.69 Å². The van der Waals surface area contributed by atoms with Crippen molar-refractivity contribution in [1.82, 2.24) is 0 Å². The van der Waals surface area contributed by atoms with Gasteiger partial charge < -0.3 is 10.0 Å². The Balaban J connectivity index is 1.91. The number of anilines is 1. The van der Waals surface area contributed by atoms with E-state index in [1.165, 1.54) is 18.4 Å². The maximum Gasteiger partial charge on any atom is 0.305 e. The molecule has 1 fully saturated rings. The highest BCUT2D eigenvalue weighted by atomic mass is 16.4. The fourth-order valence-corrected chi connectivity index (χ4v) is 4.50. The molecule has 1 amide bonds. The van der Waals surface area contributed by atoms with Gasteiger partial charge in [-0.05, 0) is 42.4 Å². The zero-order valence-electron chi connectivity index (χ0n) is 18.3. The Morgan fingerprint density at radius 1 is 1.13 bits per heavy atom. The number of carboxylic acids is 1. The van der Waals surface area contributed by atoms with Crippen LogP contribution >= 0.6 is 0 Å². The third-order valence-corrected chi connectivity index (χ3v) is 6.49. The van der Waals surface area contributed by atoms with E-state index in [0.29, 0.717) is 5.92 Å². The molecule has 0 spiro atoms. The normalized spacial score (nSPS) is 18.5. The van der Waals surface area contributed by atoms with Gasteiger partial charge >= 0.3 is 5.97 Å². The zero-order valence-corrected chi connectivity index (χ0v) is 18.3. The van der Waals surface area contributed by atoms with Crippen molar-refractivity contribution in [3.8, 4) is 0 Å². The van der Waals surface area contributed by atoms with Gasteiger partial charge in [0, 0.05) is 17.7 Å². The lowest BCUT2D eigenvalue weighted by molar-refractivity contribution is -0.136. The molecule has 0 radical (unpaired) electrons. The smallest absolute Gasteiger partial charge is 0.305 e. The standard InChI is InChI=1S/C26H30N2O3/c1-3-17(4-2)25-26(31)28(15-14-23(29)30)22-13-12-20(18-10-11-18)16-21(22)24(27-25)19-8-6-5-7-9-19/h5-9,12-13,16-18,25H,3-4,10-11,14-15H2,1-2H3,(H,29,30). The summed E-state index contributed by atoms with van der Waals surface area (Å²) in [5, 5.41) is 9.30. The van der Waals surface area contributed by atoms with Crippen molar-refractivity contribution in [2.45, 2.75) is 57.9 Å². The van der Waals surface area contributed by atoms with Gasteiger partial charge in [-0.2, -0.15) is 0 Å². The molecule has 1 N–H and O–H groups in total. The first-order valence-corrected chi connectivity index (χ1v) is 11.3. The van der Waals surface area contributed by atoms with Crippen LogP contribution in [-0.2, 0) is 9.59 Å². The summed E-state index contributed by atoms with van der Waals surface area (Å²) in [7, 11) is 0. The highest BCUT2D eigenvalue weighted by molar-refractivity contribution is 6.20. The maximum atomic E-state index is 13.7. The molecule has 0 saturated heterocycles. The van der Waals surface area contributed by atoms with E-state index >= 15 is 0 Å². The topological polar surface area (TPSA) is 70.0 Å². The minimum absolute atomic E-state index is 0.0914. The number of carbonyl (C=O) groups is 2. The van der Waals surface area contributed by atoms with Gasteiger partial charge in [-0.25, -0.2) is 0 Å². The monoisotopic (exact) mass is 418 g/mol. The number of fused-ring (bicyclic) bond motifs is 1. The molecule has 0 bridgehead atoms. The Hall–Kier alpha value is -2.95. The molecule has 0 aromatic heterocycles. The maximum absolute atomic E-state index is 13.7. The molecule has 5 nitrogen and oxygen atoms in total. The Morgan fingerprint density at radius 2 is 1.84 bits per heavy atom. The lowest BCUT2D eigenvalue weighted by atomic mass is 9.93. The van der Waals surface area contributed by atoms with Crippen LogP contribution in [0.2, 0.25) is 0 Å². The number of aliphatic carboxylic acids is 1. The van der Waals surface area contributed by atoms with Gasteiger partial charge in [-0.3, -0.25) is 14.6 Å². The summed E-state index contributed by atoms with van der Waals surface area (Å²) >= 11 is 0. The number of rotatable bonds is 8. The third kappa shape index (κ3) is 4.41. The molecular formula is C26H30N2O3. The minimum atomic E-state index is -0.906. The van der Waals surface area contributed by atoms with Crippen LogP contribution in [-0.4, -0.2) is 35.3 Å². The fraction of sp³-hybridized carbons (Fsp3) is 0.423. The number of aliphatic imine (C=N–C) groups is 1. The van der Waals surface area contributed by atoms with E-state index in [2.05, 4.69) is 26.0 Å². The SMILES string of the molecule is CCC(CC)C1N=C(c2ccccc2)c2cc(C3CC3)ccc2N(CCC(=O)O)C1=O. The van der Waals surface area contributed by atoms with E-state index in [9.17, 15) is 14.7 Å². The number of amides is 1. The third-order valence-electron chi connectivity index (χ3n) is 6.49. The number of carboxylic acid groups (broad SMARTS) is 1. The quantitative estimate of drug-likeness (QED) is 0.654. The average molecular weight is 419 g/mol. The summed E-state index contributed by atoms with van der Waals surface area (Å²) in [6, 6.07) is 15.8. The van der Waals surface area contributed by atoms with E-state index in [1.54, 1.807) is 4.90 Å². The number of hydrogen-bond acceptors (Lipinski definition) is 3. The van der Waals surface area contributed by atoms with Crippen LogP contribution in [0.1, 0.15) is 68.6 Å². The number of carbonyl (C=O) groups excluding carboxylic acids is 1. The fourth-order valence-electron chi connectivity index (χ4n) is 4.50. The highest BCUT2D eigenvalue weighted by Crippen LogP contribution is 2.42. The lowest BCUT2D eigenvalue weighted by Crippen LogP contribution is -2.42. The van der Waals surface area contributed by atoms with E-state index < -0.39 is 12.0 Å². The molecule has 2 aliphatic rings. The van der Waals surface area contributed by atoms with Gasteiger partial charge in [-0.15, -0.1) is 0 Å². The van der Waals surface area contributed by atoms with Crippen molar-refractivity contribution in [3.63, 3.8) is 0 Å². The predicted molar refractivity (Wildman–Crippen MR) is 123 cm³/mol. The number of nitrogens with zero attached hydrogens (tertiary/aromatic N) is 2. The summed E-state index contributed by atoms with van der Waals surface area (Å²) in [5.74, 6) is -0.322. The van der Waals surface area contributed by atoms with Crippen molar-refractivity contribution in [2.75, 3.05) is 11.4 Å². The van der Waals surface area contributed by atoms with Crippen molar-refractivity contribution in [2.24, 2.45) is 10.9 Å². The molecule has 1 saturated carbocycles. The first kappa shape index (κ1) is 21.3. The Morgan fingerprint density at radius 3 is 2.45 bits per heavy atom. The Labute approximate surface area is 183 Å². The van der Waals surface area contributed by atoms with E-state index in [0.717, 1.165) is 35.4 Å². The predicted octanol–water partition coefficient (Wildman–Crippen LogP) is 5.03. The second-order valence-corrected chi connectivity index (χ2v) is 8.55. The van der Waals surface area contributed by atoms with Crippen LogP contribution < -0.4 is 4.90 Å². The lowest BCUT2D eigenvalue weighted by Gasteiger charge is -2.27. The Kier molecular flexibility index (Phi) is 6.21. The second kappa shape index (κ2) is 9.04. The van der Waals surface area contributed by atoms with E-state index in [-0.39, 0.29) is 24.8 Å². The van der Waals surface area contributed by atoms with Crippen LogP contribution in [0, 0.1) is 5.92 Å². The van der Waals surface area contributed by atoms with Gasteiger partial charge in [0.1, 0.15) is 6.04 Å². The zero-order chi connectivity index (χ0) is 22.0. The van der Waals surface area contributed by atoms with Crippen molar-refractivity contribution in [1.29, 1.82) is 0 Å². The molecule has 162 valence electrons. The van der Waals surface area contributed by atoms with Gasteiger partial charge in [0.2, 0.25) is 0 Å². The molecule has 5 heteroatoms. The van der Waals surface area contributed by atoms with Crippen molar-refractivity contribution in [3.05, 3.63) is 65.2 Å². The first-order valence-electron chi connectivity index (χ1n) is 11.3. The molecule has 2 aromatic rings. The molecule has 1 aliphatic heterocycles. The van der Waals surface area contributed by atoms with Crippen molar-refractivity contribution >= 4 is 23.3 Å². The molecular weight excluding hydrogens is 388 g/mol. The second-order valence-electron chi connectivity index (χ2n) is 8.55. The first-order chi connectivity index (χ1) is 15.0. The van der Waals surface area contributed by atoms with E-state index in [1.807, 2.05) is 36.4 Å². The molecule has 1 atom stereocenters. The summed E-state index contributed by atoms with van der Waals surface area (Å²) in [6.45, 7) is 4.33. The summed E-state index contributed by atoms with van der Waals surface area (Å²) < 4.78 is 0. The minimum Gasteiger partial charge on any atom is -0.481 e. The van der Waals surface area contributed by atoms with Crippen LogP contribution in [0.15, 0.2) is 53.5 Å². The van der Waals surface area contributed by atoms with Crippen molar-refractivity contribution < 1.29 is 14.7 Å². The molecule has 1 aliphatic carbocycles. The molecule has 1 unspecified atom stereocenters. The van der Waals surface area contributed by atoms with Crippen LogP contribution in [0.5, 0.6) is 0 Å². The van der Waals surface area contributed by atoms with Gasteiger partial charge in [0.15, 0.2) is 0 Å². The molecule has 2 aromatic carbocycles. The molecule has 1 heterocycles. The van der Waals surface area contributed by atoms with Crippen LogP contribution in [0.25, 0.3) is 0 Å². The van der Waals surface area contributed by atoms with Gasteiger partial charge in [0.05, 0.1) is 17.8 Å². The number of hydrogen-bond donors (Lipinski definition) is 1. The van der Waals surface area contributed by atoms with Gasteiger partial charge in [-0.1, -0.05) is 63.1 Å².